The summed E-state index contributed by atoms with van der Waals surface area (Å²) >= 11 is 0. The number of imidazole rings is 1. The molecule has 2 aromatic heterocycles. The lowest BCUT2D eigenvalue weighted by atomic mass is 9.71. The Hall–Kier alpha value is -3.13. The van der Waals surface area contributed by atoms with E-state index in [2.05, 4.69) is 10.3 Å². The summed E-state index contributed by atoms with van der Waals surface area (Å²) in [5, 5.41) is 13.8. The molecule has 3 N–H and O–H groups in total. The minimum atomic E-state index is -0.768. The van der Waals surface area contributed by atoms with Crippen LogP contribution in [-0.2, 0) is 21.4 Å². The number of amides is 1. The SMILES string of the molecule is Cc1cc(=O)c(O)c(C2(CC(=O)NCC3(Cc4nc5ccccc5[nH]4)CCCCC3)CCOCC2)o1. The number of hydrogen-bond acceptors (Lipinski definition) is 6. The third kappa shape index (κ3) is 5.05. The average molecular weight is 494 g/mol. The number of rotatable bonds is 7. The van der Waals surface area contributed by atoms with Gasteiger partial charge in [-0.2, -0.15) is 0 Å². The second-order valence-electron chi connectivity index (χ2n) is 10.7. The number of fused-ring (bicyclic) bond motifs is 1. The highest BCUT2D eigenvalue weighted by Gasteiger charge is 2.42. The molecule has 3 heterocycles. The zero-order valence-electron chi connectivity index (χ0n) is 20.9. The van der Waals surface area contributed by atoms with Crippen LogP contribution in [0.15, 0.2) is 39.5 Å². The summed E-state index contributed by atoms with van der Waals surface area (Å²) in [4.78, 5) is 33.9. The van der Waals surface area contributed by atoms with Gasteiger partial charge in [0.15, 0.2) is 5.76 Å². The van der Waals surface area contributed by atoms with Crippen LogP contribution in [0.2, 0.25) is 0 Å². The lowest BCUT2D eigenvalue weighted by Crippen LogP contribution is -2.44. The number of hydrogen-bond donors (Lipinski definition) is 3. The standard InChI is InChI=1S/C28H35N3O5/c1-19-15-22(32)25(34)26(36-19)28(11-13-35-14-12-28)17-24(33)29-18-27(9-5-2-6-10-27)16-23-30-20-7-3-4-8-21(20)31-23/h3-4,7-8,15,34H,2,5-6,9-14,16-18H2,1H3,(H,29,33)(H,30,31). The van der Waals surface area contributed by atoms with Crippen molar-refractivity contribution in [1.82, 2.24) is 15.3 Å². The topological polar surface area (TPSA) is 117 Å². The first-order valence-electron chi connectivity index (χ1n) is 13.0. The van der Waals surface area contributed by atoms with Gasteiger partial charge in [-0.15, -0.1) is 0 Å². The van der Waals surface area contributed by atoms with Crippen LogP contribution in [0.1, 0.15) is 68.7 Å². The summed E-state index contributed by atoms with van der Waals surface area (Å²) < 4.78 is 11.4. The summed E-state index contributed by atoms with van der Waals surface area (Å²) in [6.07, 6.45) is 7.50. The molecule has 2 aliphatic rings. The van der Waals surface area contributed by atoms with Gasteiger partial charge in [0.05, 0.1) is 11.0 Å². The first kappa shape index (κ1) is 24.6. The molecule has 0 spiro atoms. The van der Waals surface area contributed by atoms with E-state index in [1.165, 1.54) is 12.5 Å². The van der Waals surface area contributed by atoms with Crippen molar-refractivity contribution in [1.29, 1.82) is 0 Å². The molecule has 1 aliphatic heterocycles. The van der Waals surface area contributed by atoms with Crippen molar-refractivity contribution < 1.29 is 19.1 Å². The van der Waals surface area contributed by atoms with Gasteiger partial charge in [0.2, 0.25) is 17.1 Å². The number of carbonyl (C=O) groups is 1. The molecule has 8 nitrogen and oxygen atoms in total. The average Bonchev–Trinajstić information content (AvgIpc) is 3.28. The second kappa shape index (κ2) is 10.1. The molecule has 8 heteroatoms. The Balaban J connectivity index is 1.34. The fourth-order valence-corrected chi connectivity index (χ4v) is 6.03. The van der Waals surface area contributed by atoms with Crippen molar-refractivity contribution in [2.24, 2.45) is 5.41 Å². The molecule has 1 saturated heterocycles. The van der Waals surface area contributed by atoms with Crippen LogP contribution < -0.4 is 10.7 Å². The van der Waals surface area contributed by atoms with Crippen molar-refractivity contribution in [3.8, 4) is 5.75 Å². The Labute approximate surface area is 210 Å². The molecular weight excluding hydrogens is 458 g/mol. The predicted molar refractivity (Wildman–Crippen MR) is 136 cm³/mol. The number of H-pyrrole nitrogens is 1. The van der Waals surface area contributed by atoms with Crippen LogP contribution in [0, 0.1) is 12.3 Å². The predicted octanol–water partition coefficient (Wildman–Crippen LogP) is 4.28. The van der Waals surface area contributed by atoms with Crippen LogP contribution in [0.25, 0.3) is 11.0 Å². The molecule has 1 saturated carbocycles. The van der Waals surface area contributed by atoms with Gasteiger partial charge in [-0.1, -0.05) is 31.4 Å². The molecule has 1 aromatic carbocycles. The summed E-state index contributed by atoms with van der Waals surface area (Å²) in [5.74, 6) is 1.09. The zero-order valence-corrected chi connectivity index (χ0v) is 20.9. The summed E-state index contributed by atoms with van der Waals surface area (Å²) in [6.45, 7) is 3.14. The van der Waals surface area contributed by atoms with E-state index in [0.29, 0.717) is 38.4 Å². The van der Waals surface area contributed by atoms with E-state index in [9.17, 15) is 14.7 Å². The van der Waals surface area contributed by atoms with Gasteiger partial charge < -0.3 is 24.6 Å². The number of aromatic nitrogens is 2. The first-order valence-corrected chi connectivity index (χ1v) is 13.0. The van der Waals surface area contributed by atoms with Crippen molar-refractivity contribution in [3.63, 3.8) is 0 Å². The van der Waals surface area contributed by atoms with E-state index in [4.69, 9.17) is 14.1 Å². The van der Waals surface area contributed by atoms with Crippen LogP contribution >= 0.6 is 0 Å². The molecule has 1 amide bonds. The Morgan fingerprint density at radius 3 is 2.64 bits per heavy atom. The zero-order chi connectivity index (χ0) is 25.2. The van der Waals surface area contributed by atoms with Crippen LogP contribution in [0.3, 0.4) is 0 Å². The van der Waals surface area contributed by atoms with E-state index >= 15 is 0 Å². The molecule has 5 rings (SSSR count). The Morgan fingerprint density at radius 2 is 1.89 bits per heavy atom. The number of aryl methyl sites for hydroxylation is 1. The van der Waals surface area contributed by atoms with E-state index < -0.39 is 16.6 Å². The van der Waals surface area contributed by atoms with Crippen LogP contribution in [0.4, 0.5) is 0 Å². The molecule has 0 atom stereocenters. The van der Waals surface area contributed by atoms with Gasteiger partial charge in [-0.05, 0) is 50.2 Å². The number of benzene rings is 1. The van der Waals surface area contributed by atoms with Crippen LogP contribution in [-0.4, -0.2) is 40.7 Å². The fraction of sp³-hybridized carbons (Fsp3) is 0.536. The first-order chi connectivity index (χ1) is 17.4. The molecule has 192 valence electrons. The number of carbonyl (C=O) groups excluding carboxylic acids is 1. The number of nitrogens with zero attached hydrogens (tertiary/aromatic N) is 1. The van der Waals surface area contributed by atoms with Crippen molar-refractivity contribution in [3.05, 3.63) is 57.9 Å². The summed E-state index contributed by atoms with van der Waals surface area (Å²) in [5.41, 5.74) is 0.692. The maximum Gasteiger partial charge on any atom is 0.227 e. The molecule has 36 heavy (non-hydrogen) atoms. The number of para-hydroxylation sites is 2. The minimum absolute atomic E-state index is 0.0529. The number of ether oxygens (including phenoxy) is 1. The molecule has 0 radical (unpaired) electrons. The van der Waals surface area contributed by atoms with Gasteiger partial charge in [-0.25, -0.2) is 4.98 Å². The lowest BCUT2D eigenvalue weighted by molar-refractivity contribution is -0.124. The van der Waals surface area contributed by atoms with E-state index in [1.807, 2.05) is 24.3 Å². The number of aromatic amines is 1. The lowest BCUT2D eigenvalue weighted by Gasteiger charge is -2.38. The molecule has 3 aromatic rings. The van der Waals surface area contributed by atoms with Gasteiger partial charge in [0.25, 0.3) is 0 Å². The van der Waals surface area contributed by atoms with Gasteiger partial charge in [-0.3, -0.25) is 9.59 Å². The van der Waals surface area contributed by atoms with Crippen molar-refractivity contribution >= 4 is 16.9 Å². The van der Waals surface area contributed by atoms with Crippen LogP contribution in [0.5, 0.6) is 5.75 Å². The van der Waals surface area contributed by atoms with Gasteiger partial charge >= 0.3 is 0 Å². The molecule has 0 bridgehead atoms. The summed E-state index contributed by atoms with van der Waals surface area (Å²) in [6, 6.07) is 9.31. The van der Waals surface area contributed by atoms with Gasteiger partial charge in [0, 0.05) is 44.1 Å². The van der Waals surface area contributed by atoms with E-state index in [1.54, 1.807) is 6.92 Å². The maximum absolute atomic E-state index is 13.4. The Morgan fingerprint density at radius 1 is 1.14 bits per heavy atom. The highest BCUT2D eigenvalue weighted by molar-refractivity contribution is 5.78. The number of aromatic hydroxyl groups is 1. The Bertz CT molecular complexity index is 1250. The van der Waals surface area contributed by atoms with Gasteiger partial charge in [0.1, 0.15) is 11.6 Å². The third-order valence-electron chi connectivity index (χ3n) is 8.03. The third-order valence-corrected chi connectivity index (χ3v) is 8.03. The highest BCUT2D eigenvalue weighted by atomic mass is 16.5. The minimum Gasteiger partial charge on any atom is -0.502 e. The second-order valence-corrected chi connectivity index (χ2v) is 10.7. The maximum atomic E-state index is 13.4. The smallest absolute Gasteiger partial charge is 0.227 e. The summed E-state index contributed by atoms with van der Waals surface area (Å²) in [7, 11) is 0. The molecule has 2 fully saturated rings. The monoisotopic (exact) mass is 493 g/mol. The quantitative estimate of drug-likeness (QED) is 0.452. The van der Waals surface area contributed by atoms with Crippen molar-refractivity contribution in [2.75, 3.05) is 19.8 Å². The molecule has 1 aliphatic carbocycles. The normalized spacial score (nSPS) is 19.2. The Kier molecular flexibility index (Phi) is 6.88. The molecular formula is C28H35N3O5. The molecule has 0 unspecified atom stereocenters. The van der Waals surface area contributed by atoms with E-state index in [-0.39, 0.29) is 23.5 Å². The highest BCUT2D eigenvalue weighted by Crippen LogP contribution is 2.42. The number of nitrogens with one attached hydrogen (secondary N) is 2. The van der Waals surface area contributed by atoms with Crippen molar-refractivity contribution in [2.45, 2.75) is 70.1 Å². The largest absolute Gasteiger partial charge is 0.502 e. The van der Waals surface area contributed by atoms with E-state index in [0.717, 1.165) is 49.0 Å². The fourth-order valence-electron chi connectivity index (χ4n) is 6.03.